The molecule has 3 aromatic rings. The van der Waals surface area contributed by atoms with E-state index in [2.05, 4.69) is 15.1 Å². The first kappa shape index (κ1) is 20.3. The second-order valence-corrected chi connectivity index (χ2v) is 8.22. The second-order valence-electron chi connectivity index (χ2n) is 7.15. The van der Waals surface area contributed by atoms with Crippen molar-refractivity contribution >= 4 is 23.6 Å². The van der Waals surface area contributed by atoms with E-state index in [0.29, 0.717) is 10.9 Å². The maximum Gasteiger partial charge on any atom is 0.235 e. The van der Waals surface area contributed by atoms with Gasteiger partial charge in [0.05, 0.1) is 12.8 Å². The molecule has 1 atom stereocenters. The second kappa shape index (κ2) is 9.21. The van der Waals surface area contributed by atoms with Gasteiger partial charge < -0.3 is 15.4 Å². The number of thioether (sulfide) groups is 1. The van der Waals surface area contributed by atoms with Crippen molar-refractivity contribution < 1.29 is 9.53 Å². The average molecular weight is 424 g/mol. The molecule has 156 valence electrons. The fourth-order valence-electron chi connectivity index (χ4n) is 3.69. The van der Waals surface area contributed by atoms with Crippen LogP contribution in [-0.4, -0.2) is 40.9 Å². The lowest BCUT2D eigenvalue weighted by Gasteiger charge is -2.28. The molecule has 1 amide bonds. The molecule has 1 aliphatic heterocycles. The predicted octanol–water partition coefficient (Wildman–Crippen LogP) is 3.58. The fourth-order valence-corrected chi connectivity index (χ4v) is 4.68. The molecule has 1 aliphatic rings. The number of carbonyl (C=O) groups excluding carboxylic acids is 1. The lowest BCUT2D eigenvalue weighted by atomic mass is 10.1. The number of amides is 1. The molecule has 2 heterocycles. The van der Waals surface area contributed by atoms with Gasteiger partial charge in [-0.1, -0.05) is 54.2 Å². The first-order chi connectivity index (χ1) is 14.7. The van der Waals surface area contributed by atoms with Gasteiger partial charge in [-0.05, 0) is 37.0 Å². The van der Waals surface area contributed by atoms with Crippen molar-refractivity contribution in [2.24, 2.45) is 5.73 Å². The minimum absolute atomic E-state index is 0.416. The highest BCUT2D eigenvalue weighted by atomic mass is 32.2. The summed E-state index contributed by atoms with van der Waals surface area (Å²) in [5, 5.41) is 9.00. The Morgan fingerprint density at radius 2 is 1.73 bits per heavy atom. The van der Waals surface area contributed by atoms with Gasteiger partial charge >= 0.3 is 0 Å². The monoisotopic (exact) mass is 423 g/mol. The zero-order chi connectivity index (χ0) is 20.9. The minimum atomic E-state index is -0.571. The third-order valence-electron chi connectivity index (χ3n) is 5.17. The van der Waals surface area contributed by atoms with Crippen LogP contribution < -0.4 is 15.4 Å². The number of anilines is 1. The molecule has 0 bridgehead atoms. The van der Waals surface area contributed by atoms with Crippen molar-refractivity contribution in [1.29, 1.82) is 0 Å². The Labute approximate surface area is 180 Å². The van der Waals surface area contributed by atoms with Gasteiger partial charge in [0, 0.05) is 13.1 Å². The molecule has 0 aliphatic carbocycles. The summed E-state index contributed by atoms with van der Waals surface area (Å²) in [4.78, 5) is 14.5. The fraction of sp³-hybridized carbons (Fsp3) is 0.318. The van der Waals surface area contributed by atoms with E-state index in [0.717, 1.165) is 43.1 Å². The third-order valence-corrected chi connectivity index (χ3v) is 6.38. The predicted molar refractivity (Wildman–Crippen MR) is 118 cm³/mol. The van der Waals surface area contributed by atoms with Crippen LogP contribution in [0.15, 0.2) is 59.8 Å². The summed E-state index contributed by atoms with van der Waals surface area (Å²) in [6.07, 6.45) is 3.46. The van der Waals surface area contributed by atoms with Crippen LogP contribution in [0.25, 0.3) is 5.69 Å². The number of piperidine rings is 1. The molecule has 30 heavy (non-hydrogen) atoms. The number of ether oxygens (including phenoxy) is 1. The summed E-state index contributed by atoms with van der Waals surface area (Å²) in [6, 6.07) is 17.3. The Kier molecular flexibility index (Phi) is 6.23. The number of aromatic nitrogens is 3. The standard InChI is InChI=1S/C22H25N5O2S/c1-29-18-13-7-6-12-17(18)27-21(26-14-8-3-9-15-26)24-25-22(27)30-19(20(23)28)16-10-4-2-5-11-16/h2,4-7,10-13,19H,3,8-9,14-15H2,1H3,(H2,23,28). The van der Waals surface area contributed by atoms with Crippen molar-refractivity contribution in [2.45, 2.75) is 29.7 Å². The zero-order valence-electron chi connectivity index (χ0n) is 16.9. The molecule has 1 fully saturated rings. The van der Waals surface area contributed by atoms with Crippen LogP contribution in [0.4, 0.5) is 5.95 Å². The van der Waals surface area contributed by atoms with Crippen LogP contribution in [0.2, 0.25) is 0 Å². The number of rotatable bonds is 7. The lowest BCUT2D eigenvalue weighted by Crippen LogP contribution is -2.31. The van der Waals surface area contributed by atoms with Crippen LogP contribution in [0, 0.1) is 0 Å². The number of nitrogens with zero attached hydrogens (tertiary/aromatic N) is 4. The molecule has 0 radical (unpaired) electrons. The van der Waals surface area contributed by atoms with Gasteiger partial charge in [-0.15, -0.1) is 10.2 Å². The molecule has 2 aromatic carbocycles. The van der Waals surface area contributed by atoms with Gasteiger partial charge in [-0.3, -0.25) is 9.36 Å². The Balaban J connectivity index is 1.79. The summed E-state index contributed by atoms with van der Waals surface area (Å²) in [7, 11) is 1.65. The quantitative estimate of drug-likeness (QED) is 0.585. The molecule has 0 saturated carbocycles. The van der Waals surface area contributed by atoms with Crippen LogP contribution in [-0.2, 0) is 4.79 Å². The Morgan fingerprint density at radius 3 is 2.43 bits per heavy atom. The number of benzene rings is 2. The summed E-state index contributed by atoms with van der Waals surface area (Å²) in [5.41, 5.74) is 7.43. The van der Waals surface area contributed by atoms with Crippen molar-refractivity contribution in [3.63, 3.8) is 0 Å². The summed E-state index contributed by atoms with van der Waals surface area (Å²) in [5.74, 6) is 1.06. The molecule has 7 nitrogen and oxygen atoms in total. The Bertz CT molecular complexity index is 1000. The first-order valence-corrected chi connectivity index (χ1v) is 10.9. The van der Waals surface area contributed by atoms with Gasteiger partial charge in [0.15, 0.2) is 5.16 Å². The topological polar surface area (TPSA) is 86.3 Å². The van der Waals surface area contributed by atoms with Crippen molar-refractivity contribution in [1.82, 2.24) is 14.8 Å². The number of hydrogen-bond acceptors (Lipinski definition) is 6. The van der Waals surface area contributed by atoms with E-state index in [4.69, 9.17) is 10.5 Å². The molecule has 2 N–H and O–H groups in total. The van der Waals surface area contributed by atoms with E-state index in [9.17, 15) is 4.79 Å². The van der Waals surface area contributed by atoms with E-state index >= 15 is 0 Å². The molecule has 1 unspecified atom stereocenters. The van der Waals surface area contributed by atoms with Gasteiger partial charge in [-0.2, -0.15) is 0 Å². The number of hydrogen-bond donors (Lipinski definition) is 1. The number of para-hydroxylation sites is 2. The summed E-state index contributed by atoms with van der Waals surface area (Å²) < 4.78 is 7.59. The van der Waals surface area contributed by atoms with Gasteiger partial charge in [0.2, 0.25) is 11.9 Å². The third kappa shape index (κ3) is 4.14. The number of primary amides is 1. The smallest absolute Gasteiger partial charge is 0.235 e. The molecule has 0 spiro atoms. The van der Waals surface area contributed by atoms with E-state index in [1.807, 2.05) is 59.2 Å². The zero-order valence-corrected chi connectivity index (χ0v) is 17.7. The Hall–Kier alpha value is -3.00. The summed E-state index contributed by atoms with van der Waals surface area (Å²) >= 11 is 1.31. The van der Waals surface area contributed by atoms with E-state index < -0.39 is 11.2 Å². The highest BCUT2D eigenvalue weighted by molar-refractivity contribution is 8.00. The van der Waals surface area contributed by atoms with Crippen LogP contribution in [0.1, 0.15) is 30.1 Å². The van der Waals surface area contributed by atoms with Crippen molar-refractivity contribution in [2.75, 3.05) is 25.1 Å². The first-order valence-electron chi connectivity index (χ1n) is 10.0. The number of methoxy groups -OCH3 is 1. The van der Waals surface area contributed by atoms with Crippen LogP contribution in [0.5, 0.6) is 5.75 Å². The van der Waals surface area contributed by atoms with Crippen LogP contribution in [0.3, 0.4) is 0 Å². The van der Waals surface area contributed by atoms with Gasteiger partial charge in [0.25, 0.3) is 0 Å². The van der Waals surface area contributed by atoms with Crippen molar-refractivity contribution in [3.8, 4) is 11.4 Å². The van der Waals surface area contributed by atoms with Crippen LogP contribution >= 0.6 is 11.8 Å². The molecule has 4 rings (SSSR count). The minimum Gasteiger partial charge on any atom is -0.495 e. The number of nitrogens with two attached hydrogens (primary N) is 1. The maximum absolute atomic E-state index is 12.3. The SMILES string of the molecule is COc1ccccc1-n1c(SC(C(N)=O)c2ccccc2)nnc1N1CCCCC1. The average Bonchev–Trinajstić information content (AvgIpc) is 3.21. The molecule has 8 heteroatoms. The Morgan fingerprint density at radius 1 is 1.03 bits per heavy atom. The largest absolute Gasteiger partial charge is 0.495 e. The molecule has 1 aromatic heterocycles. The normalized spacial score (nSPS) is 15.0. The van der Waals surface area contributed by atoms with E-state index in [1.54, 1.807) is 7.11 Å². The molecular formula is C22H25N5O2S. The van der Waals surface area contributed by atoms with Crippen molar-refractivity contribution in [3.05, 3.63) is 60.2 Å². The lowest BCUT2D eigenvalue weighted by molar-refractivity contribution is -0.117. The highest BCUT2D eigenvalue weighted by Gasteiger charge is 2.27. The van der Waals surface area contributed by atoms with E-state index in [-0.39, 0.29) is 0 Å². The molecular weight excluding hydrogens is 398 g/mol. The van der Waals surface area contributed by atoms with Gasteiger partial charge in [-0.25, -0.2) is 0 Å². The molecule has 1 saturated heterocycles. The summed E-state index contributed by atoms with van der Waals surface area (Å²) in [6.45, 7) is 1.85. The number of carbonyl (C=O) groups is 1. The van der Waals surface area contributed by atoms with Gasteiger partial charge in [0.1, 0.15) is 11.0 Å². The highest BCUT2D eigenvalue weighted by Crippen LogP contribution is 2.39. The maximum atomic E-state index is 12.3. The van der Waals surface area contributed by atoms with E-state index in [1.165, 1.54) is 18.2 Å².